The third-order valence-corrected chi connectivity index (χ3v) is 3.47. The standard InChI is InChI=1S/C12H10F2S/c1-2-9-4-6-12(15-9)10-7-8(13)3-5-11(10)14/h3-7H,2H2,1H3. The van der Waals surface area contributed by atoms with Gasteiger partial charge >= 0.3 is 0 Å². The van der Waals surface area contributed by atoms with E-state index < -0.39 is 5.82 Å². The van der Waals surface area contributed by atoms with Crippen LogP contribution in [0.3, 0.4) is 0 Å². The van der Waals surface area contributed by atoms with Gasteiger partial charge in [0, 0.05) is 15.3 Å². The molecule has 0 N–H and O–H groups in total. The lowest BCUT2D eigenvalue weighted by molar-refractivity contribution is 0.603. The number of hydrogen-bond acceptors (Lipinski definition) is 1. The van der Waals surface area contributed by atoms with Crippen LogP contribution in [0.25, 0.3) is 10.4 Å². The zero-order chi connectivity index (χ0) is 10.8. The van der Waals surface area contributed by atoms with Gasteiger partial charge < -0.3 is 0 Å². The lowest BCUT2D eigenvalue weighted by Gasteiger charge is -1.99. The molecule has 15 heavy (non-hydrogen) atoms. The molecular formula is C12H10F2S. The molecule has 0 nitrogen and oxygen atoms in total. The van der Waals surface area contributed by atoms with Crippen molar-refractivity contribution < 1.29 is 8.78 Å². The Morgan fingerprint density at radius 1 is 1.13 bits per heavy atom. The monoisotopic (exact) mass is 224 g/mol. The molecule has 2 rings (SSSR count). The second-order valence-electron chi connectivity index (χ2n) is 3.24. The van der Waals surface area contributed by atoms with Crippen LogP contribution in [0.4, 0.5) is 8.78 Å². The normalized spacial score (nSPS) is 10.6. The Kier molecular flexibility index (Phi) is 2.82. The molecule has 0 radical (unpaired) electrons. The minimum absolute atomic E-state index is 0.347. The van der Waals surface area contributed by atoms with Gasteiger partial charge in [-0.05, 0) is 36.8 Å². The quantitative estimate of drug-likeness (QED) is 0.715. The van der Waals surface area contributed by atoms with Crippen LogP contribution in [-0.4, -0.2) is 0 Å². The van der Waals surface area contributed by atoms with Gasteiger partial charge in [-0.2, -0.15) is 0 Å². The molecule has 0 aliphatic rings. The van der Waals surface area contributed by atoms with Crippen molar-refractivity contribution in [3.05, 3.63) is 46.8 Å². The van der Waals surface area contributed by atoms with Gasteiger partial charge in [-0.15, -0.1) is 11.3 Å². The van der Waals surface area contributed by atoms with E-state index in [0.29, 0.717) is 5.56 Å². The molecule has 0 aliphatic heterocycles. The number of hydrogen-bond donors (Lipinski definition) is 0. The predicted molar refractivity (Wildman–Crippen MR) is 59.0 cm³/mol. The summed E-state index contributed by atoms with van der Waals surface area (Å²) in [5.74, 6) is -0.779. The van der Waals surface area contributed by atoms with Crippen molar-refractivity contribution in [3.63, 3.8) is 0 Å². The first-order valence-corrected chi connectivity index (χ1v) is 5.56. The lowest BCUT2D eigenvalue weighted by Crippen LogP contribution is -1.83. The third-order valence-electron chi connectivity index (χ3n) is 2.20. The summed E-state index contributed by atoms with van der Waals surface area (Å²) in [6.45, 7) is 2.04. The first kappa shape index (κ1) is 10.3. The summed E-state index contributed by atoms with van der Waals surface area (Å²) in [4.78, 5) is 1.96. The van der Waals surface area contributed by atoms with E-state index in [1.807, 2.05) is 19.1 Å². The minimum atomic E-state index is -0.405. The van der Waals surface area contributed by atoms with Gasteiger partial charge in [-0.25, -0.2) is 8.78 Å². The molecule has 2 aromatic rings. The summed E-state index contributed by atoms with van der Waals surface area (Å²) in [6, 6.07) is 7.31. The van der Waals surface area contributed by atoms with Crippen molar-refractivity contribution in [2.75, 3.05) is 0 Å². The Morgan fingerprint density at radius 2 is 1.93 bits per heavy atom. The molecule has 0 aliphatic carbocycles. The average molecular weight is 224 g/mol. The Bertz CT molecular complexity index is 474. The molecule has 0 saturated carbocycles. The fourth-order valence-electron chi connectivity index (χ4n) is 1.40. The Hall–Kier alpha value is -1.22. The van der Waals surface area contributed by atoms with Gasteiger partial charge in [0.05, 0.1) is 0 Å². The predicted octanol–water partition coefficient (Wildman–Crippen LogP) is 4.26. The highest BCUT2D eigenvalue weighted by atomic mass is 32.1. The highest BCUT2D eigenvalue weighted by molar-refractivity contribution is 7.15. The maximum atomic E-state index is 13.4. The van der Waals surface area contributed by atoms with E-state index in [2.05, 4.69) is 0 Å². The van der Waals surface area contributed by atoms with E-state index in [1.165, 1.54) is 22.3 Å². The van der Waals surface area contributed by atoms with E-state index >= 15 is 0 Å². The Balaban J connectivity index is 2.48. The third kappa shape index (κ3) is 2.07. The highest BCUT2D eigenvalue weighted by Crippen LogP contribution is 2.30. The van der Waals surface area contributed by atoms with Gasteiger partial charge in [0.25, 0.3) is 0 Å². The zero-order valence-corrected chi connectivity index (χ0v) is 9.07. The van der Waals surface area contributed by atoms with E-state index in [0.717, 1.165) is 23.4 Å². The van der Waals surface area contributed by atoms with Gasteiger partial charge in [0.2, 0.25) is 0 Å². The summed E-state index contributed by atoms with van der Waals surface area (Å²) in [6.07, 6.45) is 0.918. The maximum absolute atomic E-state index is 13.4. The molecule has 0 bridgehead atoms. The first-order valence-electron chi connectivity index (χ1n) is 4.75. The average Bonchev–Trinajstić information content (AvgIpc) is 2.70. The molecule has 1 heterocycles. The molecule has 78 valence electrons. The van der Waals surface area contributed by atoms with Gasteiger partial charge in [0.1, 0.15) is 11.6 Å². The number of rotatable bonds is 2. The van der Waals surface area contributed by atoms with Crippen LogP contribution in [-0.2, 0) is 6.42 Å². The van der Waals surface area contributed by atoms with E-state index in [4.69, 9.17) is 0 Å². The fraction of sp³-hybridized carbons (Fsp3) is 0.167. The summed E-state index contributed by atoms with van der Waals surface area (Å²) >= 11 is 1.50. The molecular weight excluding hydrogens is 214 g/mol. The van der Waals surface area contributed by atoms with Crippen LogP contribution in [0.2, 0.25) is 0 Å². The van der Waals surface area contributed by atoms with Crippen LogP contribution in [0.1, 0.15) is 11.8 Å². The van der Waals surface area contributed by atoms with Crippen LogP contribution in [0.15, 0.2) is 30.3 Å². The molecule has 0 amide bonds. The van der Waals surface area contributed by atoms with Crippen molar-refractivity contribution in [3.8, 4) is 10.4 Å². The number of benzene rings is 1. The van der Waals surface area contributed by atoms with Crippen LogP contribution in [0, 0.1) is 11.6 Å². The lowest BCUT2D eigenvalue weighted by atomic mass is 10.2. The molecule has 1 aromatic carbocycles. The van der Waals surface area contributed by atoms with E-state index in [-0.39, 0.29) is 5.82 Å². The van der Waals surface area contributed by atoms with Gasteiger partial charge in [-0.3, -0.25) is 0 Å². The van der Waals surface area contributed by atoms with Crippen molar-refractivity contribution in [2.24, 2.45) is 0 Å². The van der Waals surface area contributed by atoms with Crippen LogP contribution in [0.5, 0.6) is 0 Å². The summed E-state index contributed by atoms with van der Waals surface area (Å²) in [5, 5.41) is 0. The summed E-state index contributed by atoms with van der Waals surface area (Å²) < 4.78 is 26.4. The fourth-order valence-corrected chi connectivity index (χ4v) is 2.36. The second-order valence-corrected chi connectivity index (χ2v) is 4.41. The van der Waals surface area contributed by atoms with Crippen LogP contribution >= 0.6 is 11.3 Å². The number of aryl methyl sites for hydroxylation is 1. The van der Waals surface area contributed by atoms with Gasteiger partial charge in [-0.1, -0.05) is 6.92 Å². The zero-order valence-electron chi connectivity index (χ0n) is 8.26. The second kappa shape index (κ2) is 4.11. The maximum Gasteiger partial charge on any atom is 0.132 e. The van der Waals surface area contributed by atoms with Gasteiger partial charge in [0.15, 0.2) is 0 Å². The largest absolute Gasteiger partial charge is 0.207 e. The van der Waals surface area contributed by atoms with Crippen molar-refractivity contribution in [1.82, 2.24) is 0 Å². The smallest absolute Gasteiger partial charge is 0.132 e. The number of halogens is 2. The van der Waals surface area contributed by atoms with E-state index in [1.54, 1.807) is 0 Å². The topological polar surface area (TPSA) is 0 Å². The first-order chi connectivity index (χ1) is 7.20. The SMILES string of the molecule is CCc1ccc(-c2cc(F)ccc2F)s1. The Morgan fingerprint density at radius 3 is 2.60 bits per heavy atom. The molecule has 3 heteroatoms. The highest BCUT2D eigenvalue weighted by Gasteiger charge is 2.08. The van der Waals surface area contributed by atoms with Crippen molar-refractivity contribution >= 4 is 11.3 Å². The molecule has 1 aromatic heterocycles. The summed E-state index contributed by atoms with van der Waals surface area (Å²) in [7, 11) is 0. The van der Waals surface area contributed by atoms with E-state index in [9.17, 15) is 8.78 Å². The van der Waals surface area contributed by atoms with Crippen molar-refractivity contribution in [1.29, 1.82) is 0 Å². The minimum Gasteiger partial charge on any atom is -0.207 e. The molecule has 0 saturated heterocycles. The summed E-state index contributed by atoms with van der Waals surface area (Å²) in [5.41, 5.74) is 0.347. The van der Waals surface area contributed by atoms with Crippen LogP contribution < -0.4 is 0 Å². The molecule has 0 unspecified atom stereocenters. The van der Waals surface area contributed by atoms with Crippen molar-refractivity contribution in [2.45, 2.75) is 13.3 Å². The molecule has 0 fully saturated rings. The molecule has 0 spiro atoms. The molecule has 0 atom stereocenters. The Labute approximate surface area is 91.2 Å². The number of thiophene rings is 1.